The lowest BCUT2D eigenvalue weighted by molar-refractivity contribution is 0.620. The van der Waals surface area contributed by atoms with Crippen LogP contribution in [0.3, 0.4) is 0 Å². The standard InChI is InChI=1S/C13H16N2.C6H6FN/c1-5-13(10-15-4)12(3)8-6-7-11(2)9-14;1-5-2-6(7)4-8-3-5/h5-8,10H,3H2,1-2,4H3;2-4H,1H3/b8-6-,11-7+,13-5+,15-10?;. The fourth-order valence-corrected chi connectivity index (χ4v) is 1.44. The van der Waals surface area contributed by atoms with Crippen LogP contribution >= 0.6 is 0 Å². The van der Waals surface area contributed by atoms with Crippen LogP contribution in [0.1, 0.15) is 19.4 Å². The van der Waals surface area contributed by atoms with Crippen LogP contribution < -0.4 is 0 Å². The van der Waals surface area contributed by atoms with Gasteiger partial charge in [-0.15, -0.1) is 0 Å². The highest BCUT2D eigenvalue weighted by atomic mass is 19.1. The van der Waals surface area contributed by atoms with Crippen molar-refractivity contribution in [3.63, 3.8) is 0 Å². The number of rotatable bonds is 4. The molecule has 120 valence electrons. The topological polar surface area (TPSA) is 49.0 Å². The summed E-state index contributed by atoms with van der Waals surface area (Å²) < 4.78 is 12.1. The van der Waals surface area contributed by atoms with Gasteiger partial charge in [0.05, 0.1) is 12.3 Å². The molecule has 0 saturated heterocycles. The molecular weight excluding hydrogens is 289 g/mol. The molecule has 0 aliphatic heterocycles. The molecule has 0 bridgehead atoms. The molecule has 0 atom stereocenters. The summed E-state index contributed by atoms with van der Waals surface area (Å²) in [6, 6.07) is 3.48. The van der Waals surface area contributed by atoms with Gasteiger partial charge in [-0.2, -0.15) is 5.26 Å². The van der Waals surface area contributed by atoms with E-state index in [9.17, 15) is 4.39 Å². The lowest BCUT2D eigenvalue weighted by atomic mass is 10.1. The molecule has 0 aromatic carbocycles. The van der Waals surface area contributed by atoms with E-state index in [-0.39, 0.29) is 5.82 Å². The van der Waals surface area contributed by atoms with Crippen LogP contribution in [0, 0.1) is 24.1 Å². The third kappa shape index (κ3) is 9.70. The van der Waals surface area contributed by atoms with Gasteiger partial charge in [-0.25, -0.2) is 4.39 Å². The number of hydrogen-bond donors (Lipinski definition) is 0. The maximum Gasteiger partial charge on any atom is 0.141 e. The lowest BCUT2D eigenvalue weighted by Crippen LogP contribution is -1.86. The first kappa shape index (κ1) is 20.2. The van der Waals surface area contributed by atoms with Crippen molar-refractivity contribution in [1.29, 1.82) is 5.26 Å². The molecule has 0 spiro atoms. The van der Waals surface area contributed by atoms with Gasteiger partial charge in [-0.1, -0.05) is 24.8 Å². The van der Waals surface area contributed by atoms with Crippen LogP contribution in [0.5, 0.6) is 0 Å². The molecule has 1 rings (SSSR count). The summed E-state index contributed by atoms with van der Waals surface area (Å²) in [4.78, 5) is 7.54. The van der Waals surface area contributed by atoms with E-state index >= 15 is 0 Å². The summed E-state index contributed by atoms with van der Waals surface area (Å²) in [5, 5.41) is 8.53. The number of pyridine rings is 1. The van der Waals surface area contributed by atoms with Crippen LogP contribution in [-0.2, 0) is 0 Å². The fraction of sp³-hybridized carbons (Fsp3) is 0.211. The van der Waals surface area contributed by atoms with Crippen molar-refractivity contribution in [2.45, 2.75) is 20.8 Å². The van der Waals surface area contributed by atoms with E-state index in [0.29, 0.717) is 5.57 Å². The summed E-state index contributed by atoms with van der Waals surface area (Å²) in [5.41, 5.74) is 3.39. The summed E-state index contributed by atoms with van der Waals surface area (Å²) in [5.74, 6) is -0.273. The van der Waals surface area contributed by atoms with Crippen molar-refractivity contribution in [2.75, 3.05) is 7.05 Å². The van der Waals surface area contributed by atoms with Gasteiger partial charge < -0.3 is 0 Å². The van der Waals surface area contributed by atoms with Crippen molar-refractivity contribution >= 4 is 6.21 Å². The van der Waals surface area contributed by atoms with E-state index in [1.165, 1.54) is 12.3 Å². The largest absolute Gasteiger partial charge is 0.296 e. The normalized spacial score (nSPS) is 12.0. The van der Waals surface area contributed by atoms with Gasteiger partial charge >= 0.3 is 0 Å². The Morgan fingerprint density at radius 2 is 2.13 bits per heavy atom. The van der Waals surface area contributed by atoms with Crippen LogP contribution in [0.2, 0.25) is 0 Å². The Bertz CT molecular complexity index is 657. The molecule has 4 heteroatoms. The number of aliphatic imine (C=N–C) groups is 1. The average Bonchev–Trinajstić information content (AvgIpc) is 2.52. The van der Waals surface area contributed by atoms with E-state index in [2.05, 4.69) is 16.6 Å². The molecule has 1 heterocycles. The number of nitrogens with zero attached hydrogens (tertiary/aromatic N) is 3. The number of halogens is 1. The second-order valence-electron chi connectivity index (χ2n) is 4.66. The Balaban J connectivity index is 0.000000502. The smallest absolute Gasteiger partial charge is 0.141 e. The highest BCUT2D eigenvalue weighted by molar-refractivity contribution is 5.85. The minimum atomic E-state index is -0.273. The molecule has 3 nitrogen and oxygen atoms in total. The third-order valence-electron chi connectivity index (χ3n) is 2.61. The molecule has 0 aliphatic rings. The second-order valence-corrected chi connectivity index (χ2v) is 4.66. The first-order valence-electron chi connectivity index (χ1n) is 7.04. The van der Waals surface area contributed by atoms with Crippen LogP contribution in [-0.4, -0.2) is 18.2 Å². The molecule has 0 N–H and O–H groups in total. The average molecular weight is 311 g/mol. The van der Waals surface area contributed by atoms with Crippen molar-refractivity contribution in [2.24, 2.45) is 4.99 Å². The van der Waals surface area contributed by atoms with Gasteiger partial charge in [-0.05, 0) is 49.6 Å². The van der Waals surface area contributed by atoms with E-state index in [4.69, 9.17) is 5.26 Å². The molecule has 1 aromatic heterocycles. The molecule has 0 unspecified atom stereocenters. The minimum Gasteiger partial charge on any atom is -0.296 e. The van der Waals surface area contributed by atoms with Gasteiger partial charge in [0.25, 0.3) is 0 Å². The SMILES string of the molecule is C=C(/C=C\C=C(/C)C#N)/C(C=NC)=C/C.Cc1cncc(F)c1. The Labute approximate surface area is 137 Å². The molecule has 0 aliphatic carbocycles. The van der Waals surface area contributed by atoms with Crippen molar-refractivity contribution in [3.8, 4) is 6.07 Å². The number of nitriles is 1. The van der Waals surface area contributed by atoms with E-state index < -0.39 is 0 Å². The molecule has 0 radical (unpaired) electrons. The number of aromatic nitrogens is 1. The number of aryl methyl sites for hydroxylation is 1. The minimum absolute atomic E-state index is 0.273. The Morgan fingerprint density at radius 3 is 2.57 bits per heavy atom. The molecule has 1 aromatic rings. The molecular formula is C19H22FN3. The lowest BCUT2D eigenvalue weighted by Gasteiger charge is -1.98. The summed E-state index contributed by atoms with van der Waals surface area (Å²) in [6.07, 6.45) is 11.9. The predicted octanol–water partition coefficient (Wildman–Crippen LogP) is 4.74. The monoisotopic (exact) mass is 311 g/mol. The number of allylic oxidation sites excluding steroid dienone is 7. The Morgan fingerprint density at radius 1 is 1.43 bits per heavy atom. The van der Waals surface area contributed by atoms with Crippen molar-refractivity contribution in [3.05, 3.63) is 77.4 Å². The second kappa shape index (κ2) is 11.8. The first-order valence-corrected chi connectivity index (χ1v) is 7.04. The summed E-state index contributed by atoms with van der Waals surface area (Å²) in [7, 11) is 1.72. The van der Waals surface area contributed by atoms with Crippen molar-refractivity contribution in [1.82, 2.24) is 4.98 Å². The highest BCUT2D eigenvalue weighted by Crippen LogP contribution is 2.07. The molecule has 0 fully saturated rings. The van der Waals surface area contributed by atoms with Crippen molar-refractivity contribution < 1.29 is 4.39 Å². The highest BCUT2D eigenvalue weighted by Gasteiger charge is 1.92. The molecule has 0 saturated carbocycles. The zero-order valence-electron chi connectivity index (χ0n) is 14.0. The first-order chi connectivity index (χ1) is 10.9. The summed E-state index contributed by atoms with van der Waals surface area (Å²) >= 11 is 0. The fourth-order valence-electron chi connectivity index (χ4n) is 1.44. The zero-order chi connectivity index (χ0) is 17.7. The maximum absolute atomic E-state index is 12.1. The van der Waals surface area contributed by atoms with Crippen LogP contribution in [0.15, 0.2) is 71.1 Å². The predicted molar refractivity (Wildman–Crippen MR) is 94.8 cm³/mol. The van der Waals surface area contributed by atoms with E-state index in [1.54, 1.807) is 39.4 Å². The van der Waals surface area contributed by atoms with Gasteiger partial charge in [0, 0.05) is 25.0 Å². The molecule has 0 amide bonds. The maximum atomic E-state index is 12.1. The van der Waals surface area contributed by atoms with Crippen LogP contribution in [0.25, 0.3) is 0 Å². The van der Waals surface area contributed by atoms with Crippen LogP contribution in [0.4, 0.5) is 4.39 Å². The Hall–Kier alpha value is -2.80. The third-order valence-corrected chi connectivity index (χ3v) is 2.61. The van der Waals surface area contributed by atoms with Gasteiger partial charge in [-0.3, -0.25) is 9.98 Å². The van der Waals surface area contributed by atoms with Gasteiger partial charge in [0.1, 0.15) is 5.82 Å². The zero-order valence-corrected chi connectivity index (χ0v) is 14.0. The quantitative estimate of drug-likeness (QED) is 0.458. The number of hydrogen-bond acceptors (Lipinski definition) is 3. The molecule has 23 heavy (non-hydrogen) atoms. The van der Waals surface area contributed by atoms with E-state index in [0.717, 1.165) is 16.7 Å². The Kier molecular flexibility index (Phi) is 10.4. The van der Waals surface area contributed by atoms with Gasteiger partial charge in [0.15, 0.2) is 0 Å². The van der Waals surface area contributed by atoms with Gasteiger partial charge in [0.2, 0.25) is 0 Å². The van der Waals surface area contributed by atoms with E-state index in [1.807, 2.05) is 31.2 Å². The summed E-state index contributed by atoms with van der Waals surface area (Å²) in [6.45, 7) is 9.41.